The Morgan fingerprint density at radius 3 is 2.95 bits per heavy atom. The summed E-state index contributed by atoms with van der Waals surface area (Å²) in [5.74, 6) is 0.231. The number of ketones is 1. The van der Waals surface area contributed by atoms with Gasteiger partial charge in [0.05, 0.1) is 19.8 Å². The highest BCUT2D eigenvalue weighted by Gasteiger charge is 2.24. The lowest BCUT2D eigenvalue weighted by atomic mass is 10.0. The van der Waals surface area contributed by atoms with E-state index in [0.717, 1.165) is 13.0 Å². The molecule has 1 aliphatic heterocycles. The molecule has 0 N–H and O–H groups in total. The number of allylic oxidation sites excluding steroid dienone is 1. The summed E-state index contributed by atoms with van der Waals surface area (Å²) in [7, 11) is 0. The molecule has 0 bridgehead atoms. The Labute approximate surface area is 114 Å². The predicted molar refractivity (Wildman–Crippen MR) is 76.1 cm³/mol. The van der Waals surface area contributed by atoms with Gasteiger partial charge in [-0.25, -0.2) is 0 Å². The number of hydrogen-bond donors (Lipinski definition) is 0. The van der Waals surface area contributed by atoms with Crippen LogP contribution in [0.15, 0.2) is 43.0 Å². The minimum Gasteiger partial charge on any atom is -0.378 e. The number of Topliss-reactive ketones (excluding diaryl/α,β-unsaturated/α-hetero) is 1. The van der Waals surface area contributed by atoms with Gasteiger partial charge in [-0.3, -0.25) is 9.69 Å². The Morgan fingerprint density at radius 2 is 2.21 bits per heavy atom. The Hall–Kier alpha value is -1.45. The maximum Gasteiger partial charge on any atom is 0.150 e. The highest BCUT2D eigenvalue weighted by molar-refractivity contribution is 5.81. The molecule has 102 valence electrons. The van der Waals surface area contributed by atoms with Crippen molar-refractivity contribution in [3.8, 4) is 0 Å². The van der Waals surface area contributed by atoms with Gasteiger partial charge in [-0.2, -0.15) is 0 Å². The zero-order chi connectivity index (χ0) is 13.5. The van der Waals surface area contributed by atoms with E-state index < -0.39 is 0 Å². The monoisotopic (exact) mass is 259 g/mol. The van der Waals surface area contributed by atoms with Gasteiger partial charge in [0.15, 0.2) is 5.78 Å². The molecule has 3 heteroatoms. The first-order valence-corrected chi connectivity index (χ1v) is 6.78. The molecule has 2 rings (SSSR count). The Balaban J connectivity index is 1.95. The van der Waals surface area contributed by atoms with Crippen LogP contribution in [0.2, 0.25) is 0 Å². The van der Waals surface area contributed by atoms with Crippen LogP contribution in [0, 0.1) is 0 Å². The largest absolute Gasteiger partial charge is 0.378 e. The van der Waals surface area contributed by atoms with Gasteiger partial charge in [-0.1, -0.05) is 36.4 Å². The van der Waals surface area contributed by atoms with Crippen LogP contribution in [0.3, 0.4) is 0 Å². The summed E-state index contributed by atoms with van der Waals surface area (Å²) in [5, 5.41) is 0. The van der Waals surface area contributed by atoms with Crippen molar-refractivity contribution in [3.63, 3.8) is 0 Å². The van der Waals surface area contributed by atoms with Gasteiger partial charge in [0.25, 0.3) is 0 Å². The van der Waals surface area contributed by atoms with Gasteiger partial charge < -0.3 is 4.74 Å². The first-order chi connectivity index (χ1) is 9.29. The fourth-order valence-corrected chi connectivity index (χ4v) is 2.42. The van der Waals surface area contributed by atoms with E-state index in [-0.39, 0.29) is 5.78 Å². The van der Waals surface area contributed by atoms with Gasteiger partial charge in [0.2, 0.25) is 0 Å². The van der Waals surface area contributed by atoms with E-state index in [2.05, 4.69) is 23.6 Å². The zero-order valence-electron chi connectivity index (χ0n) is 11.3. The van der Waals surface area contributed by atoms with E-state index in [1.807, 2.05) is 18.2 Å². The van der Waals surface area contributed by atoms with E-state index in [1.165, 1.54) is 5.56 Å². The number of rotatable bonds is 6. The second kappa shape index (κ2) is 7.22. The highest BCUT2D eigenvalue weighted by atomic mass is 16.5. The third-order valence-electron chi connectivity index (χ3n) is 3.42. The van der Waals surface area contributed by atoms with Crippen molar-refractivity contribution in [2.24, 2.45) is 0 Å². The number of morpholine rings is 1. The first kappa shape index (κ1) is 14.0. The van der Waals surface area contributed by atoms with E-state index >= 15 is 0 Å². The fraction of sp³-hybridized carbons (Fsp3) is 0.438. The van der Waals surface area contributed by atoms with Gasteiger partial charge in [-0.15, -0.1) is 6.58 Å². The van der Waals surface area contributed by atoms with E-state index in [1.54, 1.807) is 6.08 Å². The second-order valence-electron chi connectivity index (χ2n) is 4.92. The lowest BCUT2D eigenvalue weighted by molar-refractivity contribution is -0.121. The van der Waals surface area contributed by atoms with Gasteiger partial charge >= 0.3 is 0 Å². The summed E-state index contributed by atoms with van der Waals surface area (Å²) >= 11 is 0. The molecule has 0 radical (unpaired) electrons. The molecular formula is C16H21NO2. The van der Waals surface area contributed by atoms with Gasteiger partial charge in [0.1, 0.15) is 0 Å². The van der Waals surface area contributed by atoms with Crippen molar-refractivity contribution >= 4 is 5.78 Å². The number of carbonyl (C=O) groups is 1. The average molecular weight is 259 g/mol. The standard InChI is InChI=1S/C16H21NO2/c1-2-6-16(18)12-17-9-10-19-13-15(17)11-14-7-4-3-5-8-14/h2-5,7-8,15H,1,6,9-13H2. The van der Waals surface area contributed by atoms with Crippen molar-refractivity contribution in [3.05, 3.63) is 48.6 Å². The lowest BCUT2D eigenvalue weighted by Gasteiger charge is -2.35. The smallest absolute Gasteiger partial charge is 0.150 e. The molecule has 0 aromatic heterocycles. The molecule has 1 aliphatic rings. The molecule has 1 unspecified atom stereocenters. The summed E-state index contributed by atoms with van der Waals surface area (Å²) < 4.78 is 5.55. The SMILES string of the molecule is C=CCC(=O)CN1CCOCC1Cc1ccccc1. The van der Waals surface area contributed by atoms with Crippen molar-refractivity contribution in [2.45, 2.75) is 18.9 Å². The molecule has 1 heterocycles. The van der Waals surface area contributed by atoms with Crippen LogP contribution in [0.25, 0.3) is 0 Å². The molecule has 0 saturated carbocycles. The summed E-state index contributed by atoms with van der Waals surface area (Å²) in [4.78, 5) is 14.0. The van der Waals surface area contributed by atoms with Crippen LogP contribution in [0.1, 0.15) is 12.0 Å². The molecule has 1 aromatic carbocycles. The molecule has 19 heavy (non-hydrogen) atoms. The predicted octanol–water partition coefficient (Wildman–Crippen LogP) is 2.08. The highest BCUT2D eigenvalue weighted by Crippen LogP contribution is 2.13. The number of nitrogens with zero attached hydrogens (tertiary/aromatic N) is 1. The van der Waals surface area contributed by atoms with Crippen molar-refractivity contribution in [1.82, 2.24) is 4.90 Å². The summed E-state index contributed by atoms with van der Waals surface area (Å²) in [6.45, 7) is 6.38. The normalized spacial score (nSPS) is 20.1. The second-order valence-corrected chi connectivity index (χ2v) is 4.92. The van der Waals surface area contributed by atoms with Crippen molar-refractivity contribution < 1.29 is 9.53 Å². The number of carbonyl (C=O) groups excluding carboxylic acids is 1. The summed E-state index contributed by atoms with van der Waals surface area (Å²) in [5.41, 5.74) is 1.29. The molecule has 0 aliphatic carbocycles. The average Bonchev–Trinajstić information content (AvgIpc) is 2.42. The summed E-state index contributed by atoms with van der Waals surface area (Å²) in [6, 6.07) is 10.7. The van der Waals surface area contributed by atoms with Crippen LogP contribution >= 0.6 is 0 Å². The number of benzene rings is 1. The molecule has 1 aromatic rings. The molecule has 3 nitrogen and oxygen atoms in total. The first-order valence-electron chi connectivity index (χ1n) is 6.78. The lowest BCUT2D eigenvalue weighted by Crippen LogP contribution is -2.48. The molecule has 1 saturated heterocycles. The van der Waals surface area contributed by atoms with Crippen molar-refractivity contribution in [1.29, 1.82) is 0 Å². The summed E-state index contributed by atoms with van der Waals surface area (Å²) in [6.07, 6.45) is 3.06. The van der Waals surface area contributed by atoms with Gasteiger partial charge in [0, 0.05) is 19.0 Å². The minimum absolute atomic E-state index is 0.231. The molecule has 1 fully saturated rings. The van der Waals surface area contributed by atoms with Crippen LogP contribution in [-0.4, -0.2) is 43.0 Å². The van der Waals surface area contributed by atoms with Crippen LogP contribution in [-0.2, 0) is 16.0 Å². The molecule has 0 amide bonds. The third-order valence-corrected chi connectivity index (χ3v) is 3.42. The molecule has 1 atom stereocenters. The minimum atomic E-state index is 0.231. The maximum absolute atomic E-state index is 11.8. The Bertz CT molecular complexity index is 416. The molecular weight excluding hydrogens is 238 g/mol. The van der Waals surface area contributed by atoms with Crippen LogP contribution in [0.5, 0.6) is 0 Å². The quantitative estimate of drug-likeness (QED) is 0.733. The van der Waals surface area contributed by atoms with Crippen molar-refractivity contribution in [2.75, 3.05) is 26.3 Å². The van der Waals surface area contributed by atoms with E-state index in [9.17, 15) is 4.79 Å². The Kier molecular flexibility index (Phi) is 5.31. The number of hydrogen-bond acceptors (Lipinski definition) is 3. The third kappa shape index (κ3) is 4.30. The van der Waals surface area contributed by atoms with Gasteiger partial charge in [-0.05, 0) is 12.0 Å². The van der Waals surface area contributed by atoms with E-state index in [4.69, 9.17) is 4.74 Å². The fourth-order valence-electron chi connectivity index (χ4n) is 2.42. The number of ether oxygens (including phenoxy) is 1. The molecule has 0 spiro atoms. The van der Waals surface area contributed by atoms with Crippen LogP contribution < -0.4 is 0 Å². The Morgan fingerprint density at radius 1 is 1.42 bits per heavy atom. The maximum atomic E-state index is 11.8. The zero-order valence-corrected chi connectivity index (χ0v) is 11.3. The van der Waals surface area contributed by atoms with E-state index in [0.29, 0.717) is 32.2 Å². The van der Waals surface area contributed by atoms with Crippen LogP contribution in [0.4, 0.5) is 0 Å². The topological polar surface area (TPSA) is 29.5 Å².